The molecule has 0 fully saturated rings. The van der Waals surface area contributed by atoms with Gasteiger partial charge in [0.1, 0.15) is 5.00 Å². The second-order valence-corrected chi connectivity index (χ2v) is 9.19. The molecular weight excluding hydrogens is 414 g/mol. The molecule has 6 heteroatoms. The first-order valence-corrected chi connectivity index (χ1v) is 11.9. The van der Waals surface area contributed by atoms with E-state index in [1.54, 1.807) is 18.7 Å². The van der Waals surface area contributed by atoms with Crippen LogP contribution in [0.1, 0.15) is 50.1 Å². The maximum atomic E-state index is 12.8. The maximum Gasteiger partial charge on any atom is 0.341 e. The summed E-state index contributed by atoms with van der Waals surface area (Å²) in [5.41, 5.74) is 3.31. The lowest BCUT2D eigenvalue weighted by molar-refractivity contribution is 0.0527. The molecule has 0 radical (unpaired) electrons. The van der Waals surface area contributed by atoms with Gasteiger partial charge in [0.15, 0.2) is 0 Å². The Kier molecular flexibility index (Phi) is 6.55. The van der Waals surface area contributed by atoms with Crippen molar-refractivity contribution < 1.29 is 14.3 Å². The normalized spacial score (nSPS) is 12.4. The number of hydrogen-bond donors (Lipinski definition) is 1. The number of fused-ring (bicyclic) bond motifs is 1. The molecule has 1 aliphatic carbocycles. The van der Waals surface area contributed by atoms with Crippen LogP contribution in [0.15, 0.2) is 59.5 Å². The van der Waals surface area contributed by atoms with Gasteiger partial charge in [-0.1, -0.05) is 30.3 Å². The van der Waals surface area contributed by atoms with Crippen LogP contribution in [0.4, 0.5) is 5.00 Å². The van der Waals surface area contributed by atoms with Crippen molar-refractivity contribution in [3.63, 3.8) is 0 Å². The minimum atomic E-state index is -0.347. The van der Waals surface area contributed by atoms with Crippen LogP contribution in [-0.4, -0.2) is 18.5 Å². The minimum absolute atomic E-state index is 0.206. The van der Waals surface area contributed by atoms with Crippen LogP contribution in [0.3, 0.4) is 0 Å². The molecule has 0 bridgehead atoms. The van der Waals surface area contributed by atoms with Gasteiger partial charge in [-0.15, -0.1) is 23.1 Å². The van der Waals surface area contributed by atoms with Crippen molar-refractivity contribution in [3.8, 4) is 0 Å². The highest BCUT2D eigenvalue weighted by molar-refractivity contribution is 7.98. The summed E-state index contributed by atoms with van der Waals surface area (Å²) in [6.07, 6.45) is 2.87. The number of hydrogen-bond acceptors (Lipinski definition) is 5. The summed E-state index contributed by atoms with van der Waals surface area (Å²) in [6.45, 7) is 2.11. The van der Waals surface area contributed by atoms with Gasteiger partial charge in [-0.2, -0.15) is 0 Å². The number of anilines is 1. The van der Waals surface area contributed by atoms with Crippen LogP contribution in [0, 0.1) is 0 Å². The monoisotopic (exact) mass is 437 g/mol. The van der Waals surface area contributed by atoms with E-state index in [9.17, 15) is 9.59 Å². The lowest BCUT2D eigenvalue weighted by Gasteiger charge is -2.09. The van der Waals surface area contributed by atoms with E-state index in [0.29, 0.717) is 22.7 Å². The first-order valence-electron chi connectivity index (χ1n) is 10.1. The Bertz CT molecular complexity index is 1040. The Morgan fingerprint density at radius 1 is 1.07 bits per heavy atom. The molecule has 1 heterocycles. The largest absolute Gasteiger partial charge is 0.462 e. The van der Waals surface area contributed by atoms with E-state index in [4.69, 9.17) is 4.74 Å². The summed E-state index contributed by atoms with van der Waals surface area (Å²) >= 11 is 3.26. The lowest BCUT2D eigenvalue weighted by Crippen LogP contribution is -2.15. The fraction of sp³-hybridized carbons (Fsp3) is 0.250. The van der Waals surface area contributed by atoms with Crippen molar-refractivity contribution in [2.45, 2.75) is 36.8 Å². The molecule has 2 aromatic carbocycles. The first kappa shape index (κ1) is 20.7. The zero-order valence-corrected chi connectivity index (χ0v) is 18.4. The summed E-state index contributed by atoms with van der Waals surface area (Å²) < 4.78 is 5.23. The number of carbonyl (C=O) groups excluding carboxylic acids is 2. The number of rotatable bonds is 7. The van der Waals surface area contributed by atoms with Crippen LogP contribution in [0.25, 0.3) is 0 Å². The second kappa shape index (κ2) is 9.49. The Labute approximate surface area is 184 Å². The molecule has 0 aliphatic heterocycles. The molecule has 154 valence electrons. The summed E-state index contributed by atoms with van der Waals surface area (Å²) in [5.74, 6) is 0.291. The molecule has 0 unspecified atom stereocenters. The highest BCUT2D eigenvalue weighted by Crippen LogP contribution is 2.39. The maximum absolute atomic E-state index is 12.8. The van der Waals surface area contributed by atoms with E-state index in [0.717, 1.165) is 36.1 Å². The number of benzene rings is 2. The van der Waals surface area contributed by atoms with Crippen LogP contribution in [0.2, 0.25) is 0 Å². The average molecular weight is 438 g/mol. The van der Waals surface area contributed by atoms with E-state index < -0.39 is 0 Å². The van der Waals surface area contributed by atoms with Crippen molar-refractivity contribution >= 4 is 40.0 Å². The third-order valence-electron chi connectivity index (χ3n) is 4.99. The van der Waals surface area contributed by atoms with Gasteiger partial charge in [0.25, 0.3) is 5.91 Å². The van der Waals surface area contributed by atoms with Gasteiger partial charge in [-0.3, -0.25) is 4.79 Å². The van der Waals surface area contributed by atoms with Crippen LogP contribution >= 0.6 is 23.1 Å². The molecule has 0 saturated heterocycles. The van der Waals surface area contributed by atoms with Crippen LogP contribution in [-0.2, 0) is 23.3 Å². The Balaban J connectivity index is 1.45. The summed E-state index contributed by atoms with van der Waals surface area (Å²) in [7, 11) is 0. The standard InChI is InChI=1S/C24H23NO3S2/c1-2-28-24(27)21-19-9-6-10-20(19)30-23(21)25-22(26)17-13-11-16(12-14-17)15-29-18-7-4-3-5-8-18/h3-5,7-8,11-14H,2,6,9-10,15H2,1H3,(H,25,26). The number of thioether (sulfide) groups is 1. The Morgan fingerprint density at radius 2 is 1.83 bits per heavy atom. The molecule has 4 nitrogen and oxygen atoms in total. The average Bonchev–Trinajstić information content (AvgIpc) is 3.34. The number of nitrogens with one attached hydrogen (secondary N) is 1. The number of aryl methyl sites for hydroxylation is 1. The second-order valence-electron chi connectivity index (χ2n) is 7.03. The fourth-order valence-electron chi connectivity index (χ4n) is 3.52. The van der Waals surface area contributed by atoms with Crippen molar-refractivity contribution in [2.24, 2.45) is 0 Å². The summed E-state index contributed by atoms with van der Waals surface area (Å²) in [4.78, 5) is 27.7. The first-order chi connectivity index (χ1) is 14.7. The molecular formula is C24H23NO3S2. The van der Waals surface area contributed by atoms with Gasteiger partial charge in [0, 0.05) is 21.1 Å². The van der Waals surface area contributed by atoms with Crippen molar-refractivity contribution in [3.05, 3.63) is 81.7 Å². The molecule has 1 aromatic heterocycles. The van der Waals surface area contributed by atoms with Crippen LogP contribution in [0.5, 0.6) is 0 Å². The third-order valence-corrected chi connectivity index (χ3v) is 7.28. The number of carbonyl (C=O) groups is 2. The van der Waals surface area contributed by atoms with Crippen LogP contribution < -0.4 is 5.32 Å². The van der Waals surface area contributed by atoms with E-state index in [2.05, 4.69) is 17.4 Å². The summed E-state index contributed by atoms with van der Waals surface area (Å²) in [5, 5.41) is 3.55. The van der Waals surface area contributed by atoms with Gasteiger partial charge in [0.2, 0.25) is 0 Å². The van der Waals surface area contributed by atoms with Gasteiger partial charge in [0.05, 0.1) is 12.2 Å². The number of ether oxygens (including phenoxy) is 1. The smallest absolute Gasteiger partial charge is 0.341 e. The highest BCUT2D eigenvalue weighted by atomic mass is 32.2. The quantitative estimate of drug-likeness (QED) is 0.366. The predicted molar refractivity (Wildman–Crippen MR) is 123 cm³/mol. The molecule has 0 atom stereocenters. The third kappa shape index (κ3) is 4.60. The van der Waals surface area contributed by atoms with Crippen molar-refractivity contribution in [1.82, 2.24) is 0 Å². The SMILES string of the molecule is CCOC(=O)c1c(NC(=O)c2ccc(CSc3ccccc3)cc2)sc2c1CCC2. The summed E-state index contributed by atoms with van der Waals surface area (Å²) in [6, 6.07) is 17.9. The Hall–Kier alpha value is -2.57. The zero-order valence-electron chi connectivity index (χ0n) is 16.8. The molecule has 0 saturated carbocycles. The van der Waals surface area contributed by atoms with E-state index in [-0.39, 0.29) is 11.9 Å². The van der Waals surface area contributed by atoms with Crippen molar-refractivity contribution in [2.75, 3.05) is 11.9 Å². The van der Waals surface area contributed by atoms with Gasteiger partial charge >= 0.3 is 5.97 Å². The van der Waals surface area contributed by atoms with Gasteiger partial charge in [-0.05, 0) is 61.6 Å². The predicted octanol–water partition coefficient (Wildman–Crippen LogP) is 5.96. The molecule has 4 rings (SSSR count). The molecule has 1 amide bonds. The topological polar surface area (TPSA) is 55.4 Å². The van der Waals surface area contributed by atoms with Crippen molar-refractivity contribution in [1.29, 1.82) is 0 Å². The van der Waals surface area contributed by atoms with Gasteiger partial charge < -0.3 is 10.1 Å². The fourth-order valence-corrected chi connectivity index (χ4v) is 5.67. The molecule has 0 spiro atoms. The molecule has 3 aromatic rings. The van der Waals surface area contributed by atoms with E-state index in [1.807, 2.05) is 42.5 Å². The zero-order chi connectivity index (χ0) is 20.9. The number of amides is 1. The number of thiophene rings is 1. The minimum Gasteiger partial charge on any atom is -0.462 e. The van der Waals surface area contributed by atoms with Gasteiger partial charge in [-0.25, -0.2) is 4.79 Å². The molecule has 30 heavy (non-hydrogen) atoms. The van der Waals surface area contributed by atoms with E-state index >= 15 is 0 Å². The number of esters is 1. The molecule has 1 aliphatic rings. The van der Waals surface area contributed by atoms with E-state index in [1.165, 1.54) is 21.1 Å². The molecule has 1 N–H and O–H groups in total. The Morgan fingerprint density at radius 3 is 2.57 bits per heavy atom. The highest BCUT2D eigenvalue weighted by Gasteiger charge is 2.28. The lowest BCUT2D eigenvalue weighted by atomic mass is 10.1.